The van der Waals surface area contributed by atoms with Gasteiger partial charge >= 0.3 is 0 Å². The van der Waals surface area contributed by atoms with Crippen LogP contribution < -0.4 is 9.47 Å². The van der Waals surface area contributed by atoms with Crippen molar-refractivity contribution in [1.82, 2.24) is 0 Å². The predicted octanol–water partition coefficient (Wildman–Crippen LogP) is 3.84. The standard InChI is InChI=1S/C16H17NO2/c1-3-19-16-11-13(9-10-15(16)18-2)12-17-14-7-5-4-6-8-14/h4-12H,3H2,1-2H3. The molecule has 0 aromatic heterocycles. The molecule has 0 fully saturated rings. The first-order chi connectivity index (χ1) is 9.33. The van der Waals surface area contributed by atoms with E-state index >= 15 is 0 Å². The highest BCUT2D eigenvalue weighted by Crippen LogP contribution is 2.27. The van der Waals surface area contributed by atoms with Crippen LogP contribution in [-0.4, -0.2) is 19.9 Å². The molecule has 2 rings (SSSR count). The third-order valence-electron chi connectivity index (χ3n) is 2.61. The van der Waals surface area contributed by atoms with Gasteiger partial charge in [-0.15, -0.1) is 0 Å². The Kier molecular flexibility index (Phi) is 4.56. The number of nitrogens with zero attached hydrogens (tertiary/aromatic N) is 1. The summed E-state index contributed by atoms with van der Waals surface area (Å²) in [6, 6.07) is 15.6. The largest absolute Gasteiger partial charge is 0.493 e. The number of para-hydroxylation sites is 1. The molecule has 0 N–H and O–H groups in total. The molecule has 0 unspecified atom stereocenters. The summed E-state index contributed by atoms with van der Waals surface area (Å²) in [6.45, 7) is 2.56. The quantitative estimate of drug-likeness (QED) is 0.760. The van der Waals surface area contributed by atoms with Gasteiger partial charge in [0, 0.05) is 6.21 Å². The molecule has 0 atom stereocenters. The Morgan fingerprint density at radius 3 is 2.53 bits per heavy atom. The number of aliphatic imine (C=N–C) groups is 1. The molecule has 0 aliphatic carbocycles. The van der Waals surface area contributed by atoms with E-state index in [9.17, 15) is 0 Å². The van der Waals surface area contributed by atoms with Gasteiger partial charge in [-0.25, -0.2) is 0 Å². The SMILES string of the molecule is CCOc1cc(C=Nc2ccccc2)ccc1OC. The van der Waals surface area contributed by atoms with Crippen LogP contribution in [0.15, 0.2) is 53.5 Å². The first-order valence-electron chi connectivity index (χ1n) is 6.23. The summed E-state index contributed by atoms with van der Waals surface area (Å²) in [7, 11) is 1.63. The third kappa shape index (κ3) is 3.58. The lowest BCUT2D eigenvalue weighted by Crippen LogP contribution is -1.96. The summed E-state index contributed by atoms with van der Waals surface area (Å²) < 4.78 is 10.8. The first-order valence-corrected chi connectivity index (χ1v) is 6.23. The zero-order valence-electron chi connectivity index (χ0n) is 11.2. The maximum Gasteiger partial charge on any atom is 0.161 e. The van der Waals surface area contributed by atoms with Gasteiger partial charge in [0.1, 0.15) is 0 Å². The molecule has 0 saturated carbocycles. The maximum absolute atomic E-state index is 5.53. The highest BCUT2D eigenvalue weighted by Gasteiger charge is 2.03. The van der Waals surface area contributed by atoms with E-state index in [1.165, 1.54) is 0 Å². The molecule has 0 amide bonds. The average molecular weight is 255 g/mol. The number of hydrogen-bond acceptors (Lipinski definition) is 3. The zero-order valence-corrected chi connectivity index (χ0v) is 11.2. The Morgan fingerprint density at radius 2 is 1.84 bits per heavy atom. The third-order valence-corrected chi connectivity index (χ3v) is 2.61. The van der Waals surface area contributed by atoms with Gasteiger partial charge in [-0.05, 0) is 42.8 Å². The molecular formula is C16H17NO2. The van der Waals surface area contributed by atoms with Crippen LogP contribution in [0.2, 0.25) is 0 Å². The summed E-state index contributed by atoms with van der Waals surface area (Å²) in [6.07, 6.45) is 1.82. The van der Waals surface area contributed by atoms with E-state index in [2.05, 4.69) is 4.99 Å². The smallest absolute Gasteiger partial charge is 0.161 e. The van der Waals surface area contributed by atoms with Crippen molar-refractivity contribution in [1.29, 1.82) is 0 Å². The lowest BCUT2D eigenvalue weighted by atomic mass is 10.2. The Bertz CT molecular complexity index is 550. The van der Waals surface area contributed by atoms with Crippen molar-refractivity contribution in [3.63, 3.8) is 0 Å². The van der Waals surface area contributed by atoms with Gasteiger partial charge < -0.3 is 9.47 Å². The minimum absolute atomic E-state index is 0.607. The number of rotatable bonds is 5. The maximum atomic E-state index is 5.53. The molecule has 3 heteroatoms. The van der Waals surface area contributed by atoms with E-state index in [1.807, 2.05) is 61.7 Å². The predicted molar refractivity (Wildman–Crippen MR) is 77.9 cm³/mol. The minimum atomic E-state index is 0.607. The molecule has 0 saturated heterocycles. The number of hydrogen-bond donors (Lipinski definition) is 0. The minimum Gasteiger partial charge on any atom is -0.493 e. The summed E-state index contributed by atoms with van der Waals surface area (Å²) in [5.41, 5.74) is 1.91. The molecule has 98 valence electrons. The molecule has 0 bridgehead atoms. The fourth-order valence-corrected chi connectivity index (χ4v) is 1.71. The Balaban J connectivity index is 2.21. The molecule has 2 aromatic rings. The molecule has 0 heterocycles. The van der Waals surface area contributed by atoms with Crippen LogP contribution in [0.5, 0.6) is 11.5 Å². The summed E-state index contributed by atoms with van der Waals surface area (Å²) in [4.78, 5) is 4.41. The molecule has 0 aliphatic heterocycles. The zero-order chi connectivity index (χ0) is 13.5. The van der Waals surface area contributed by atoms with E-state index in [1.54, 1.807) is 7.11 Å². The van der Waals surface area contributed by atoms with Crippen molar-refractivity contribution >= 4 is 11.9 Å². The second kappa shape index (κ2) is 6.59. The van der Waals surface area contributed by atoms with Gasteiger partial charge in [-0.3, -0.25) is 4.99 Å². The van der Waals surface area contributed by atoms with Gasteiger partial charge in [-0.2, -0.15) is 0 Å². The number of ether oxygens (including phenoxy) is 2. The highest BCUT2D eigenvalue weighted by atomic mass is 16.5. The Hall–Kier alpha value is -2.29. The fraction of sp³-hybridized carbons (Fsp3) is 0.188. The van der Waals surface area contributed by atoms with Crippen LogP contribution in [0.25, 0.3) is 0 Å². The van der Waals surface area contributed by atoms with Crippen molar-refractivity contribution in [3.8, 4) is 11.5 Å². The van der Waals surface area contributed by atoms with Crippen molar-refractivity contribution in [2.75, 3.05) is 13.7 Å². The van der Waals surface area contributed by atoms with Crippen LogP contribution in [0.4, 0.5) is 5.69 Å². The van der Waals surface area contributed by atoms with Crippen LogP contribution >= 0.6 is 0 Å². The lowest BCUT2D eigenvalue weighted by molar-refractivity contribution is 0.311. The lowest BCUT2D eigenvalue weighted by Gasteiger charge is -2.09. The summed E-state index contributed by atoms with van der Waals surface area (Å²) in [5, 5.41) is 0. The highest BCUT2D eigenvalue weighted by molar-refractivity contribution is 5.83. The van der Waals surface area contributed by atoms with E-state index in [0.717, 1.165) is 22.7 Å². The normalized spacial score (nSPS) is 10.6. The van der Waals surface area contributed by atoms with Gasteiger partial charge in [0.05, 0.1) is 19.4 Å². The second-order valence-electron chi connectivity index (χ2n) is 3.94. The van der Waals surface area contributed by atoms with Gasteiger partial charge in [0.2, 0.25) is 0 Å². The van der Waals surface area contributed by atoms with E-state index in [4.69, 9.17) is 9.47 Å². The average Bonchev–Trinajstić information content (AvgIpc) is 2.47. The van der Waals surface area contributed by atoms with Crippen molar-refractivity contribution in [2.24, 2.45) is 4.99 Å². The van der Waals surface area contributed by atoms with Crippen LogP contribution in [-0.2, 0) is 0 Å². The first kappa shape index (κ1) is 13.1. The molecule has 19 heavy (non-hydrogen) atoms. The van der Waals surface area contributed by atoms with Gasteiger partial charge in [0.25, 0.3) is 0 Å². The Labute approximate surface area is 113 Å². The summed E-state index contributed by atoms with van der Waals surface area (Å²) in [5.74, 6) is 1.47. The van der Waals surface area contributed by atoms with Crippen molar-refractivity contribution in [3.05, 3.63) is 54.1 Å². The molecule has 0 aliphatic rings. The fourth-order valence-electron chi connectivity index (χ4n) is 1.71. The second-order valence-corrected chi connectivity index (χ2v) is 3.94. The van der Waals surface area contributed by atoms with Gasteiger partial charge in [0.15, 0.2) is 11.5 Å². The number of benzene rings is 2. The van der Waals surface area contributed by atoms with Crippen molar-refractivity contribution in [2.45, 2.75) is 6.92 Å². The van der Waals surface area contributed by atoms with E-state index in [0.29, 0.717) is 6.61 Å². The van der Waals surface area contributed by atoms with Crippen LogP contribution in [0.3, 0.4) is 0 Å². The van der Waals surface area contributed by atoms with Crippen LogP contribution in [0.1, 0.15) is 12.5 Å². The molecule has 0 radical (unpaired) electrons. The van der Waals surface area contributed by atoms with Gasteiger partial charge in [-0.1, -0.05) is 18.2 Å². The number of methoxy groups -OCH3 is 1. The van der Waals surface area contributed by atoms with Crippen LogP contribution in [0, 0.1) is 0 Å². The molecule has 0 spiro atoms. The summed E-state index contributed by atoms with van der Waals surface area (Å²) >= 11 is 0. The van der Waals surface area contributed by atoms with Crippen molar-refractivity contribution < 1.29 is 9.47 Å². The monoisotopic (exact) mass is 255 g/mol. The molecule has 3 nitrogen and oxygen atoms in total. The van der Waals surface area contributed by atoms with E-state index in [-0.39, 0.29) is 0 Å². The molecule has 2 aromatic carbocycles. The molecular weight excluding hydrogens is 238 g/mol. The topological polar surface area (TPSA) is 30.8 Å². The van der Waals surface area contributed by atoms with E-state index < -0.39 is 0 Å². The Morgan fingerprint density at radius 1 is 1.05 bits per heavy atom.